The molecule has 0 spiro atoms. The zero-order chi connectivity index (χ0) is 26.8. The highest BCUT2D eigenvalue weighted by Gasteiger charge is 2.68. The van der Waals surface area contributed by atoms with E-state index in [0.717, 1.165) is 33.0 Å². The molecule has 4 aromatic rings. The Morgan fingerprint density at radius 3 is 1.59 bits per heavy atom. The molecule has 39 heavy (non-hydrogen) atoms. The first kappa shape index (κ1) is 23.4. The Morgan fingerprint density at radius 1 is 0.590 bits per heavy atom. The normalized spacial score (nSPS) is 23.6. The van der Waals surface area contributed by atoms with Crippen molar-refractivity contribution < 1.29 is 23.9 Å². The van der Waals surface area contributed by atoms with Gasteiger partial charge in [-0.25, -0.2) is 4.90 Å². The Balaban J connectivity index is 1.39. The van der Waals surface area contributed by atoms with Gasteiger partial charge in [0.25, 0.3) is 0 Å². The fourth-order valence-electron chi connectivity index (χ4n) is 6.79. The quantitative estimate of drug-likeness (QED) is 0.333. The van der Waals surface area contributed by atoms with Crippen LogP contribution in [0.4, 0.5) is 5.69 Å². The lowest BCUT2D eigenvalue weighted by molar-refractivity contribution is -0.128. The van der Waals surface area contributed by atoms with Crippen molar-refractivity contribution in [2.24, 2.45) is 23.7 Å². The number of hydrogen-bond acceptors (Lipinski definition) is 5. The second-order valence-electron chi connectivity index (χ2n) is 10.2. The van der Waals surface area contributed by atoms with Gasteiger partial charge >= 0.3 is 0 Å². The maximum Gasteiger partial charge on any atom is 0.238 e. The SMILES string of the molecule is COc1ccc(C2=C(c3ccc(OC)cc3)[C@@H]3C(=O)[C@H]2[C@H]2C(=O)N(c4cccc5ccccc45)C(=O)[C@H]32)cc1. The molecule has 2 aliphatic carbocycles. The number of imide groups is 1. The summed E-state index contributed by atoms with van der Waals surface area (Å²) >= 11 is 0. The number of nitrogens with zero attached hydrogens (tertiary/aromatic N) is 1. The summed E-state index contributed by atoms with van der Waals surface area (Å²) in [6.07, 6.45) is 0. The Hall–Kier alpha value is -4.71. The predicted molar refractivity (Wildman–Crippen MR) is 148 cm³/mol. The molecule has 1 aliphatic heterocycles. The maximum atomic E-state index is 14.1. The molecule has 4 atom stereocenters. The molecule has 0 unspecified atom stereocenters. The van der Waals surface area contributed by atoms with Gasteiger partial charge in [-0.05, 0) is 58.0 Å². The number of rotatable bonds is 5. The molecule has 0 radical (unpaired) electrons. The van der Waals surface area contributed by atoms with Gasteiger partial charge in [0, 0.05) is 5.39 Å². The highest BCUT2D eigenvalue weighted by molar-refractivity contribution is 6.32. The van der Waals surface area contributed by atoms with Crippen molar-refractivity contribution in [1.29, 1.82) is 0 Å². The smallest absolute Gasteiger partial charge is 0.238 e. The number of Topliss-reactive ketones (excluding diaryl/α,β-unsaturated/α-hetero) is 1. The van der Waals surface area contributed by atoms with Gasteiger partial charge in [-0.1, -0.05) is 60.7 Å². The van der Waals surface area contributed by atoms with Gasteiger partial charge in [0.1, 0.15) is 17.3 Å². The molecule has 7 rings (SSSR count). The third-order valence-corrected chi connectivity index (χ3v) is 8.45. The maximum absolute atomic E-state index is 14.1. The van der Waals surface area contributed by atoms with Gasteiger partial charge in [0.15, 0.2) is 0 Å². The molecule has 2 fully saturated rings. The van der Waals surface area contributed by atoms with E-state index in [-0.39, 0.29) is 17.6 Å². The Kier molecular flexibility index (Phi) is 5.20. The molecule has 1 saturated carbocycles. The monoisotopic (exact) mass is 515 g/mol. The number of ether oxygens (including phenoxy) is 2. The van der Waals surface area contributed by atoms with Crippen LogP contribution in [0.25, 0.3) is 21.9 Å². The minimum Gasteiger partial charge on any atom is -0.497 e. The van der Waals surface area contributed by atoms with E-state index < -0.39 is 23.7 Å². The topological polar surface area (TPSA) is 72.9 Å². The van der Waals surface area contributed by atoms with E-state index in [1.807, 2.05) is 91.0 Å². The average molecular weight is 516 g/mol. The standard InChI is InChI=1S/C33H25NO5/c1-38-21-14-10-19(11-15-21)25-26(20-12-16-22(39-2)17-13-20)28-30-29(27(25)31(28)35)32(36)34(33(30)37)24-9-5-7-18-6-3-4-8-23(18)24/h3-17,27-30H,1-2H3/t27-,28+,29-,30-/m1/s1. The van der Waals surface area contributed by atoms with Crippen molar-refractivity contribution in [3.8, 4) is 11.5 Å². The number of carbonyl (C=O) groups is 3. The van der Waals surface area contributed by atoms with Crippen LogP contribution in [-0.2, 0) is 14.4 Å². The summed E-state index contributed by atoms with van der Waals surface area (Å²) in [5.41, 5.74) is 3.91. The molecule has 192 valence electrons. The highest BCUT2D eigenvalue weighted by atomic mass is 16.5. The number of methoxy groups -OCH3 is 2. The molecule has 0 aromatic heterocycles. The second-order valence-corrected chi connectivity index (χ2v) is 10.2. The van der Waals surface area contributed by atoms with Crippen LogP contribution in [0, 0.1) is 23.7 Å². The van der Waals surface area contributed by atoms with Gasteiger partial charge in [-0.15, -0.1) is 0 Å². The molecule has 1 heterocycles. The van der Waals surface area contributed by atoms with Crippen LogP contribution < -0.4 is 14.4 Å². The first-order valence-corrected chi connectivity index (χ1v) is 13.0. The number of allylic oxidation sites excluding steroid dienone is 2. The number of anilines is 1. The number of benzene rings is 4. The molecule has 6 heteroatoms. The first-order valence-electron chi connectivity index (χ1n) is 13.0. The number of hydrogen-bond donors (Lipinski definition) is 0. The summed E-state index contributed by atoms with van der Waals surface area (Å²) in [5, 5.41) is 1.78. The average Bonchev–Trinajstić information content (AvgIpc) is 3.54. The van der Waals surface area contributed by atoms with Gasteiger partial charge in [-0.2, -0.15) is 0 Å². The second kappa shape index (κ2) is 8.67. The van der Waals surface area contributed by atoms with E-state index in [0.29, 0.717) is 17.2 Å². The molecular weight excluding hydrogens is 490 g/mol. The van der Waals surface area contributed by atoms with Crippen LogP contribution in [-0.4, -0.2) is 31.8 Å². The van der Waals surface area contributed by atoms with E-state index >= 15 is 0 Å². The molecule has 1 saturated heterocycles. The first-order chi connectivity index (χ1) is 19.0. The van der Waals surface area contributed by atoms with Crippen LogP contribution in [0.3, 0.4) is 0 Å². The van der Waals surface area contributed by atoms with E-state index in [1.165, 1.54) is 4.90 Å². The number of fused-ring (bicyclic) bond motifs is 6. The lowest BCUT2D eigenvalue weighted by atomic mass is 9.73. The van der Waals surface area contributed by atoms with Crippen LogP contribution in [0.5, 0.6) is 11.5 Å². The predicted octanol–water partition coefficient (Wildman–Crippen LogP) is 5.40. The van der Waals surface area contributed by atoms with Crippen molar-refractivity contribution in [3.05, 3.63) is 102 Å². The fraction of sp³-hybridized carbons (Fsp3) is 0.182. The molecule has 0 N–H and O–H groups in total. The summed E-state index contributed by atoms with van der Waals surface area (Å²) in [6, 6.07) is 28.4. The highest BCUT2D eigenvalue weighted by Crippen LogP contribution is 2.62. The summed E-state index contributed by atoms with van der Waals surface area (Å²) in [5.74, 6) is -2.10. The van der Waals surface area contributed by atoms with Crippen LogP contribution >= 0.6 is 0 Å². The van der Waals surface area contributed by atoms with Crippen LogP contribution in [0.2, 0.25) is 0 Å². The third-order valence-electron chi connectivity index (χ3n) is 8.45. The van der Waals surface area contributed by atoms with Gasteiger partial charge in [0.05, 0.1) is 43.6 Å². The number of carbonyl (C=O) groups excluding carboxylic acids is 3. The summed E-state index contributed by atoms with van der Waals surface area (Å²) in [4.78, 5) is 43.4. The lowest BCUT2D eigenvalue weighted by Gasteiger charge is -2.26. The summed E-state index contributed by atoms with van der Waals surface area (Å²) < 4.78 is 10.7. The zero-order valence-corrected chi connectivity index (χ0v) is 21.5. The van der Waals surface area contributed by atoms with Crippen molar-refractivity contribution >= 4 is 45.2 Å². The van der Waals surface area contributed by atoms with Gasteiger partial charge < -0.3 is 9.47 Å². The molecule has 2 bridgehead atoms. The summed E-state index contributed by atoms with van der Waals surface area (Å²) in [6.45, 7) is 0. The van der Waals surface area contributed by atoms with E-state index in [9.17, 15) is 14.4 Å². The van der Waals surface area contributed by atoms with Crippen molar-refractivity contribution in [2.45, 2.75) is 0 Å². The minimum atomic E-state index is -0.729. The molecule has 4 aromatic carbocycles. The minimum absolute atomic E-state index is 0.0547. The number of ketones is 1. The van der Waals surface area contributed by atoms with Crippen LogP contribution in [0.15, 0.2) is 91.0 Å². The molecular formula is C33H25NO5. The van der Waals surface area contributed by atoms with Gasteiger partial charge in [-0.3, -0.25) is 14.4 Å². The zero-order valence-electron chi connectivity index (χ0n) is 21.5. The molecule has 6 nitrogen and oxygen atoms in total. The van der Waals surface area contributed by atoms with Crippen molar-refractivity contribution in [3.63, 3.8) is 0 Å². The van der Waals surface area contributed by atoms with Crippen molar-refractivity contribution in [1.82, 2.24) is 0 Å². The van der Waals surface area contributed by atoms with Gasteiger partial charge in [0.2, 0.25) is 11.8 Å². The largest absolute Gasteiger partial charge is 0.497 e. The Morgan fingerprint density at radius 2 is 1.08 bits per heavy atom. The Bertz CT molecular complexity index is 1610. The van der Waals surface area contributed by atoms with E-state index in [1.54, 1.807) is 14.2 Å². The van der Waals surface area contributed by atoms with Crippen LogP contribution in [0.1, 0.15) is 11.1 Å². The van der Waals surface area contributed by atoms with Crippen molar-refractivity contribution in [2.75, 3.05) is 19.1 Å². The molecule has 2 amide bonds. The van der Waals surface area contributed by atoms with E-state index in [2.05, 4.69) is 0 Å². The fourth-order valence-corrected chi connectivity index (χ4v) is 6.79. The third kappa shape index (κ3) is 3.24. The molecule has 3 aliphatic rings. The van der Waals surface area contributed by atoms with E-state index in [4.69, 9.17) is 9.47 Å². The summed E-state index contributed by atoms with van der Waals surface area (Å²) in [7, 11) is 3.21. The Labute approximate surface area is 225 Å². The lowest BCUT2D eigenvalue weighted by Crippen LogP contribution is -2.34. The number of amides is 2.